The van der Waals surface area contributed by atoms with Crippen molar-refractivity contribution in [2.24, 2.45) is 17.8 Å². The van der Waals surface area contributed by atoms with Crippen LogP contribution in [0.4, 0.5) is 0 Å². The van der Waals surface area contributed by atoms with Crippen LogP contribution in [0.15, 0.2) is 12.2 Å². The lowest BCUT2D eigenvalue weighted by atomic mass is 9.86. The number of carbonyl (C=O) groups excluding carboxylic acids is 1. The van der Waals surface area contributed by atoms with E-state index in [1.165, 1.54) is 25.7 Å². The Morgan fingerprint density at radius 1 is 1.13 bits per heavy atom. The fourth-order valence-electron chi connectivity index (χ4n) is 3.73. The van der Waals surface area contributed by atoms with Crippen LogP contribution in [0.2, 0.25) is 0 Å². The van der Waals surface area contributed by atoms with E-state index in [0.717, 1.165) is 30.3 Å². The highest BCUT2D eigenvalue weighted by Crippen LogP contribution is 2.47. The third kappa shape index (κ3) is 1.42. The van der Waals surface area contributed by atoms with Gasteiger partial charge in [0.15, 0.2) is 0 Å². The summed E-state index contributed by atoms with van der Waals surface area (Å²) in [5.41, 5.74) is 0.743. The average Bonchev–Trinajstić information content (AvgIpc) is 2.71. The molecule has 3 fully saturated rings. The Morgan fingerprint density at radius 2 is 1.93 bits per heavy atom. The average molecular weight is 206 g/mol. The van der Waals surface area contributed by atoms with Crippen LogP contribution >= 0.6 is 0 Å². The van der Waals surface area contributed by atoms with E-state index in [2.05, 4.69) is 6.58 Å². The number of carbonyl (C=O) groups is 1. The largest absolute Gasteiger partial charge is 0.458 e. The monoisotopic (exact) mass is 206 g/mol. The van der Waals surface area contributed by atoms with Crippen LogP contribution in [0, 0.1) is 17.8 Å². The Kier molecular flexibility index (Phi) is 2.11. The second kappa shape index (κ2) is 3.36. The van der Waals surface area contributed by atoms with Gasteiger partial charge in [0, 0.05) is 11.5 Å². The zero-order valence-electron chi connectivity index (χ0n) is 9.08. The number of esters is 1. The van der Waals surface area contributed by atoms with E-state index >= 15 is 0 Å². The van der Waals surface area contributed by atoms with Crippen molar-refractivity contribution in [3.8, 4) is 0 Å². The third-order valence-corrected chi connectivity index (χ3v) is 4.61. The zero-order valence-corrected chi connectivity index (χ0v) is 9.08. The number of fused-ring (bicyclic) bond motifs is 2. The molecule has 1 heterocycles. The van der Waals surface area contributed by atoms with Crippen molar-refractivity contribution in [3.05, 3.63) is 12.2 Å². The number of hydrogen-bond donors (Lipinski definition) is 0. The van der Waals surface area contributed by atoms with E-state index < -0.39 is 0 Å². The van der Waals surface area contributed by atoms with Gasteiger partial charge in [0.05, 0.1) is 0 Å². The van der Waals surface area contributed by atoms with Crippen LogP contribution < -0.4 is 0 Å². The summed E-state index contributed by atoms with van der Waals surface area (Å²) < 4.78 is 5.38. The van der Waals surface area contributed by atoms with Gasteiger partial charge in [-0.25, -0.2) is 4.79 Å². The maximum atomic E-state index is 11.4. The van der Waals surface area contributed by atoms with Gasteiger partial charge in [-0.1, -0.05) is 25.8 Å². The highest BCUT2D eigenvalue weighted by atomic mass is 16.6. The van der Waals surface area contributed by atoms with Gasteiger partial charge in [-0.15, -0.1) is 0 Å². The minimum Gasteiger partial charge on any atom is -0.458 e. The Balaban J connectivity index is 1.82. The highest BCUT2D eigenvalue weighted by Gasteiger charge is 2.44. The Bertz CT molecular complexity index is 308. The fourth-order valence-corrected chi connectivity index (χ4v) is 3.73. The second-order valence-corrected chi connectivity index (χ2v) is 5.34. The number of rotatable bonds is 0. The Morgan fingerprint density at radius 3 is 2.80 bits per heavy atom. The molecule has 82 valence electrons. The van der Waals surface area contributed by atoms with Crippen molar-refractivity contribution in [1.82, 2.24) is 0 Å². The van der Waals surface area contributed by atoms with Gasteiger partial charge in [-0.3, -0.25) is 0 Å². The lowest BCUT2D eigenvalue weighted by Gasteiger charge is -2.17. The van der Waals surface area contributed by atoms with Crippen LogP contribution in [0.3, 0.4) is 0 Å². The molecular formula is C13H18O2. The molecule has 0 aromatic carbocycles. The van der Waals surface area contributed by atoms with Crippen LogP contribution in [-0.4, -0.2) is 12.1 Å². The minimum absolute atomic E-state index is 0.138. The van der Waals surface area contributed by atoms with E-state index in [9.17, 15) is 4.79 Å². The van der Waals surface area contributed by atoms with E-state index in [4.69, 9.17) is 4.74 Å². The van der Waals surface area contributed by atoms with Gasteiger partial charge in [0.25, 0.3) is 0 Å². The predicted molar refractivity (Wildman–Crippen MR) is 57.2 cm³/mol. The normalized spacial score (nSPS) is 44.5. The topological polar surface area (TPSA) is 26.3 Å². The highest BCUT2D eigenvalue weighted by molar-refractivity contribution is 5.90. The zero-order chi connectivity index (χ0) is 10.4. The first-order chi connectivity index (χ1) is 7.25. The maximum Gasteiger partial charge on any atom is 0.334 e. The second-order valence-electron chi connectivity index (χ2n) is 5.34. The molecule has 1 saturated heterocycles. The molecule has 2 heteroatoms. The smallest absolute Gasteiger partial charge is 0.334 e. The molecule has 0 radical (unpaired) electrons. The van der Waals surface area contributed by atoms with Gasteiger partial charge < -0.3 is 4.74 Å². The maximum absolute atomic E-state index is 11.4. The summed E-state index contributed by atoms with van der Waals surface area (Å²) in [7, 11) is 0. The van der Waals surface area contributed by atoms with Gasteiger partial charge in [-0.05, 0) is 31.1 Å². The first-order valence-corrected chi connectivity index (χ1v) is 6.15. The molecule has 2 saturated carbocycles. The first-order valence-electron chi connectivity index (χ1n) is 6.15. The molecule has 2 aliphatic carbocycles. The SMILES string of the molecule is C=C1C(=O)O[C@H]2CC[C@@H]3CCC[C@H]3C[C@@H]12. The van der Waals surface area contributed by atoms with Gasteiger partial charge in [-0.2, -0.15) is 0 Å². The van der Waals surface area contributed by atoms with Crippen molar-refractivity contribution in [2.45, 2.75) is 44.6 Å². The van der Waals surface area contributed by atoms with Crippen LogP contribution in [0.25, 0.3) is 0 Å². The molecular weight excluding hydrogens is 188 g/mol. The summed E-state index contributed by atoms with van der Waals surface area (Å²) in [6, 6.07) is 0. The molecule has 0 aromatic heterocycles. The summed E-state index contributed by atoms with van der Waals surface area (Å²) in [5.74, 6) is 1.94. The summed E-state index contributed by atoms with van der Waals surface area (Å²) in [6.07, 6.45) is 7.77. The minimum atomic E-state index is -0.138. The van der Waals surface area contributed by atoms with Crippen molar-refractivity contribution in [1.29, 1.82) is 0 Å². The summed E-state index contributed by atoms with van der Waals surface area (Å²) in [5, 5.41) is 0. The summed E-state index contributed by atoms with van der Waals surface area (Å²) >= 11 is 0. The van der Waals surface area contributed by atoms with E-state index in [-0.39, 0.29) is 12.1 Å². The van der Waals surface area contributed by atoms with Gasteiger partial charge >= 0.3 is 5.97 Å². The van der Waals surface area contributed by atoms with Crippen LogP contribution in [0.5, 0.6) is 0 Å². The summed E-state index contributed by atoms with van der Waals surface area (Å²) in [4.78, 5) is 11.4. The predicted octanol–water partition coefficient (Wildman–Crippen LogP) is 2.68. The molecule has 3 rings (SSSR count). The fraction of sp³-hybridized carbons (Fsp3) is 0.769. The molecule has 0 N–H and O–H groups in total. The molecule has 0 bridgehead atoms. The van der Waals surface area contributed by atoms with Gasteiger partial charge in [0.1, 0.15) is 6.10 Å². The molecule has 2 nitrogen and oxygen atoms in total. The molecule has 4 atom stereocenters. The molecule has 15 heavy (non-hydrogen) atoms. The lowest BCUT2D eigenvalue weighted by Crippen LogP contribution is -2.16. The van der Waals surface area contributed by atoms with Gasteiger partial charge in [0.2, 0.25) is 0 Å². The van der Waals surface area contributed by atoms with E-state index in [0.29, 0.717) is 5.92 Å². The van der Waals surface area contributed by atoms with E-state index in [1.807, 2.05) is 0 Å². The molecule has 0 amide bonds. The summed E-state index contributed by atoms with van der Waals surface area (Å²) in [6.45, 7) is 3.90. The molecule has 0 aromatic rings. The van der Waals surface area contributed by atoms with Crippen LogP contribution in [0.1, 0.15) is 38.5 Å². The Labute approximate surface area is 90.7 Å². The van der Waals surface area contributed by atoms with Crippen molar-refractivity contribution in [3.63, 3.8) is 0 Å². The number of ether oxygens (including phenoxy) is 1. The van der Waals surface area contributed by atoms with Crippen LogP contribution in [-0.2, 0) is 9.53 Å². The lowest BCUT2D eigenvalue weighted by molar-refractivity contribution is -0.139. The molecule has 3 aliphatic rings. The third-order valence-electron chi connectivity index (χ3n) is 4.61. The van der Waals surface area contributed by atoms with Crippen molar-refractivity contribution < 1.29 is 9.53 Å². The molecule has 0 spiro atoms. The molecule has 1 aliphatic heterocycles. The van der Waals surface area contributed by atoms with Crippen molar-refractivity contribution in [2.75, 3.05) is 0 Å². The number of hydrogen-bond acceptors (Lipinski definition) is 2. The van der Waals surface area contributed by atoms with E-state index in [1.54, 1.807) is 0 Å². The standard InChI is InChI=1S/C13H18O2/c1-8-11-7-10-4-2-3-9(10)5-6-12(11)15-13(8)14/h9-12H,1-7H2/t9-,10-,11-,12-/m0/s1. The van der Waals surface area contributed by atoms with Crippen molar-refractivity contribution >= 4 is 5.97 Å². The quantitative estimate of drug-likeness (QED) is 0.450. The molecule has 0 unspecified atom stereocenters. The first kappa shape index (κ1) is 9.44. The Hall–Kier alpha value is -0.790.